The minimum absolute atomic E-state index is 0.161. The summed E-state index contributed by atoms with van der Waals surface area (Å²) in [6, 6.07) is 11.6. The van der Waals surface area contributed by atoms with Crippen LogP contribution >= 0.6 is 34.2 Å². The quantitative estimate of drug-likeness (QED) is 0.467. The first-order chi connectivity index (χ1) is 12.3. The van der Waals surface area contributed by atoms with E-state index in [2.05, 4.69) is 68.9 Å². The van der Waals surface area contributed by atoms with Crippen molar-refractivity contribution in [2.75, 3.05) is 10.6 Å². The van der Waals surface area contributed by atoms with E-state index < -0.39 is 0 Å². The molecule has 0 aliphatic carbocycles. The van der Waals surface area contributed by atoms with Crippen molar-refractivity contribution in [1.82, 2.24) is 15.0 Å². The van der Waals surface area contributed by atoms with E-state index >= 15 is 0 Å². The van der Waals surface area contributed by atoms with Crippen LogP contribution in [-0.4, -0.2) is 20.5 Å². The highest BCUT2D eigenvalue weighted by Gasteiger charge is 2.14. The number of nitrogens with zero attached hydrogens (tertiary/aromatic N) is 3. The maximum atomic E-state index is 6.35. The Morgan fingerprint density at radius 3 is 2.54 bits per heavy atom. The van der Waals surface area contributed by atoms with Crippen LogP contribution < -0.4 is 10.6 Å². The van der Waals surface area contributed by atoms with Gasteiger partial charge in [-0.25, -0.2) is 4.98 Å². The molecule has 0 aliphatic heterocycles. The highest BCUT2D eigenvalue weighted by Crippen LogP contribution is 2.29. The van der Waals surface area contributed by atoms with Gasteiger partial charge in [0.2, 0.25) is 5.95 Å². The molecule has 134 valence electrons. The largest absolute Gasteiger partial charge is 0.350 e. The second-order valence-corrected chi connectivity index (χ2v) is 8.48. The minimum atomic E-state index is -0.161. The summed E-state index contributed by atoms with van der Waals surface area (Å²) in [5.74, 6) is 1.21. The lowest BCUT2D eigenvalue weighted by Crippen LogP contribution is -2.27. The van der Waals surface area contributed by atoms with Gasteiger partial charge in [-0.3, -0.25) is 4.98 Å². The van der Waals surface area contributed by atoms with Crippen molar-refractivity contribution >= 4 is 51.6 Å². The van der Waals surface area contributed by atoms with Crippen LogP contribution in [0.5, 0.6) is 0 Å². The number of anilines is 3. The van der Waals surface area contributed by atoms with Gasteiger partial charge >= 0.3 is 0 Å². The number of halogens is 2. The summed E-state index contributed by atoms with van der Waals surface area (Å²) < 4.78 is 1.08. The summed E-state index contributed by atoms with van der Waals surface area (Å²) in [7, 11) is 0. The van der Waals surface area contributed by atoms with Crippen molar-refractivity contribution in [1.29, 1.82) is 0 Å². The molecule has 0 amide bonds. The summed E-state index contributed by atoms with van der Waals surface area (Å²) in [4.78, 5) is 13.4. The first kappa shape index (κ1) is 18.8. The molecule has 0 radical (unpaired) electrons. The zero-order valence-corrected chi connectivity index (χ0v) is 17.6. The molecule has 0 saturated carbocycles. The Bertz CT molecular complexity index is 910. The number of benzene rings is 1. The highest BCUT2D eigenvalue weighted by molar-refractivity contribution is 14.1. The predicted octanol–water partition coefficient (Wildman–Crippen LogP) is 5.75. The molecule has 26 heavy (non-hydrogen) atoms. The molecular weight excluding hydrogens is 461 g/mol. The average Bonchev–Trinajstić information content (AvgIpc) is 2.56. The van der Waals surface area contributed by atoms with Gasteiger partial charge < -0.3 is 10.6 Å². The van der Waals surface area contributed by atoms with E-state index in [1.807, 2.05) is 36.4 Å². The van der Waals surface area contributed by atoms with Gasteiger partial charge in [-0.2, -0.15) is 4.98 Å². The molecule has 1 aromatic carbocycles. The van der Waals surface area contributed by atoms with E-state index in [0.29, 0.717) is 16.8 Å². The molecule has 0 aliphatic rings. The van der Waals surface area contributed by atoms with Crippen LogP contribution in [0.1, 0.15) is 20.8 Å². The number of hydrogen-bond donors (Lipinski definition) is 2. The van der Waals surface area contributed by atoms with E-state index in [1.165, 1.54) is 0 Å². The van der Waals surface area contributed by atoms with Crippen LogP contribution in [0.2, 0.25) is 5.02 Å². The molecule has 0 fully saturated rings. The van der Waals surface area contributed by atoms with Gasteiger partial charge in [-0.15, -0.1) is 0 Å². The van der Waals surface area contributed by atoms with Gasteiger partial charge in [0, 0.05) is 33.1 Å². The molecule has 0 bridgehead atoms. The van der Waals surface area contributed by atoms with Crippen molar-refractivity contribution in [3.63, 3.8) is 0 Å². The summed E-state index contributed by atoms with van der Waals surface area (Å²) in [6.45, 7) is 6.20. The monoisotopic (exact) mass is 479 g/mol. The maximum absolute atomic E-state index is 6.35. The Hall–Kier alpha value is -1.93. The molecule has 0 atom stereocenters. The zero-order valence-electron chi connectivity index (χ0n) is 14.7. The summed E-state index contributed by atoms with van der Waals surface area (Å²) in [5.41, 5.74) is 2.34. The van der Waals surface area contributed by atoms with Crippen molar-refractivity contribution in [3.8, 4) is 11.3 Å². The SMILES string of the molecule is CC(C)(C)Nc1nc(Nc2ccc(I)cc2Cl)cc(-c2cccnc2)n1. The van der Waals surface area contributed by atoms with Gasteiger partial charge in [0.05, 0.1) is 16.4 Å². The fourth-order valence-corrected chi connectivity index (χ4v) is 3.20. The predicted molar refractivity (Wildman–Crippen MR) is 116 cm³/mol. The standard InChI is InChI=1S/C19H19ClIN5/c1-19(2,3)26-18-24-16(12-5-4-8-22-11-12)10-17(25-18)23-15-7-6-13(21)9-14(15)20/h4-11H,1-3H3,(H2,23,24,25,26). The van der Waals surface area contributed by atoms with Gasteiger partial charge in [0.1, 0.15) is 5.82 Å². The lowest BCUT2D eigenvalue weighted by atomic mass is 10.1. The molecule has 0 saturated heterocycles. The average molecular weight is 480 g/mol. The number of pyridine rings is 1. The van der Waals surface area contributed by atoms with E-state index in [1.54, 1.807) is 12.4 Å². The second-order valence-electron chi connectivity index (χ2n) is 6.83. The smallest absolute Gasteiger partial charge is 0.225 e. The maximum Gasteiger partial charge on any atom is 0.225 e. The topological polar surface area (TPSA) is 62.7 Å². The molecule has 3 aromatic rings. The fourth-order valence-electron chi connectivity index (χ4n) is 2.29. The third-order valence-corrected chi connectivity index (χ3v) is 4.35. The Morgan fingerprint density at radius 2 is 1.88 bits per heavy atom. The van der Waals surface area contributed by atoms with Crippen LogP contribution in [0.15, 0.2) is 48.8 Å². The Labute approximate surface area is 171 Å². The summed E-state index contributed by atoms with van der Waals surface area (Å²) in [5, 5.41) is 7.26. The number of nitrogens with one attached hydrogen (secondary N) is 2. The number of aromatic nitrogens is 3. The molecule has 2 aromatic heterocycles. The summed E-state index contributed by atoms with van der Waals surface area (Å²) in [6.07, 6.45) is 3.52. The van der Waals surface area contributed by atoms with Crippen LogP contribution in [0, 0.1) is 3.57 Å². The molecule has 2 N–H and O–H groups in total. The molecule has 7 heteroatoms. The second kappa shape index (κ2) is 7.75. The lowest BCUT2D eigenvalue weighted by molar-refractivity contribution is 0.626. The van der Waals surface area contributed by atoms with Gasteiger partial charge in [0.15, 0.2) is 0 Å². The zero-order chi connectivity index (χ0) is 18.7. The molecule has 2 heterocycles. The first-order valence-electron chi connectivity index (χ1n) is 8.10. The fraction of sp³-hybridized carbons (Fsp3) is 0.211. The lowest BCUT2D eigenvalue weighted by Gasteiger charge is -2.21. The summed E-state index contributed by atoms with van der Waals surface area (Å²) >= 11 is 8.58. The molecule has 0 unspecified atom stereocenters. The molecule has 0 spiro atoms. The molecular formula is C19H19ClIN5. The van der Waals surface area contributed by atoms with Gasteiger partial charge in [-0.1, -0.05) is 11.6 Å². The Kier molecular flexibility index (Phi) is 5.62. The third-order valence-electron chi connectivity index (χ3n) is 3.36. The van der Waals surface area contributed by atoms with Crippen LogP contribution in [-0.2, 0) is 0 Å². The van der Waals surface area contributed by atoms with E-state index in [-0.39, 0.29) is 5.54 Å². The van der Waals surface area contributed by atoms with Crippen molar-refractivity contribution in [2.24, 2.45) is 0 Å². The third kappa shape index (κ3) is 5.04. The Morgan fingerprint density at radius 1 is 1.08 bits per heavy atom. The van der Waals surface area contributed by atoms with Gasteiger partial charge in [0.25, 0.3) is 0 Å². The highest BCUT2D eigenvalue weighted by atomic mass is 127. The number of rotatable bonds is 4. The van der Waals surface area contributed by atoms with E-state index in [9.17, 15) is 0 Å². The van der Waals surface area contributed by atoms with Gasteiger partial charge in [-0.05, 0) is 73.7 Å². The van der Waals surface area contributed by atoms with Crippen LogP contribution in [0.4, 0.5) is 17.5 Å². The van der Waals surface area contributed by atoms with Crippen LogP contribution in [0.25, 0.3) is 11.3 Å². The first-order valence-corrected chi connectivity index (χ1v) is 9.55. The number of hydrogen-bond acceptors (Lipinski definition) is 5. The normalized spacial score (nSPS) is 11.3. The minimum Gasteiger partial charge on any atom is -0.350 e. The van der Waals surface area contributed by atoms with Crippen molar-refractivity contribution in [3.05, 3.63) is 57.4 Å². The van der Waals surface area contributed by atoms with E-state index in [0.717, 1.165) is 20.5 Å². The van der Waals surface area contributed by atoms with Crippen molar-refractivity contribution in [2.45, 2.75) is 26.3 Å². The van der Waals surface area contributed by atoms with Crippen molar-refractivity contribution < 1.29 is 0 Å². The molecule has 3 rings (SSSR count). The van der Waals surface area contributed by atoms with Crippen LogP contribution in [0.3, 0.4) is 0 Å². The molecule has 5 nitrogen and oxygen atoms in total. The Balaban J connectivity index is 2.01. The van der Waals surface area contributed by atoms with E-state index in [4.69, 9.17) is 11.6 Å².